The number of oxazole rings is 1. The predicted molar refractivity (Wildman–Crippen MR) is 130 cm³/mol. The van der Waals surface area contributed by atoms with Crippen LogP contribution in [0.15, 0.2) is 75.4 Å². The van der Waals surface area contributed by atoms with Gasteiger partial charge in [-0.25, -0.2) is 10.4 Å². The van der Waals surface area contributed by atoms with Crippen LogP contribution < -0.4 is 10.2 Å². The number of non-ortho nitro benzene ring substituents is 1. The van der Waals surface area contributed by atoms with Gasteiger partial charge in [0, 0.05) is 23.4 Å². The summed E-state index contributed by atoms with van der Waals surface area (Å²) in [6, 6.07) is 16.6. The van der Waals surface area contributed by atoms with Crippen molar-refractivity contribution in [1.82, 2.24) is 10.4 Å². The molecule has 1 N–H and O–H groups in total. The van der Waals surface area contributed by atoms with E-state index >= 15 is 0 Å². The lowest BCUT2D eigenvalue weighted by Gasteiger charge is -2.08. The van der Waals surface area contributed by atoms with E-state index in [1.165, 1.54) is 30.1 Å². The Balaban J connectivity index is 1.43. The number of rotatable bonds is 8. The van der Waals surface area contributed by atoms with Crippen molar-refractivity contribution in [1.29, 1.82) is 0 Å². The van der Waals surface area contributed by atoms with Crippen LogP contribution in [0.1, 0.15) is 21.5 Å². The van der Waals surface area contributed by atoms with Crippen molar-refractivity contribution in [2.45, 2.75) is 11.0 Å². The van der Waals surface area contributed by atoms with Gasteiger partial charge in [-0.2, -0.15) is 5.10 Å². The quantitative estimate of drug-likeness (QED) is 0.149. The lowest BCUT2D eigenvalue weighted by Crippen LogP contribution is -2.18. The Hall–Kier alpha value is -3.89. The van der Waals surface area contributed by atoms with Gasteiger partial charge in [0.2, 0.25) is 0 Å². The first-order valence-electron chi connectivity index (χ1n) is 9.87. The van der Waals surface area contributed by atoms with Crippen LogP contribution in [0.4, 0.5) is 5.69 Å². The number of ether oxygens (including phenoxy) is 1. The van der Waals surface area contributed by atoms with Crippen LogP contribution in [0.2, 0.25) is 5.02 Å². The average molecular weight is 497 g/mol. The Kier molecular flexibility index (Phi) is 7.09. The number of carbonyl (C=O) groups is 1. The molecule has 0 atom stereocenters. The molecule has 34 heavy (non-hydrogen) atoms. The van der Waals surface area contributed by atoms with Gasteiger partial charge in [-0.1, -0.05) is 35.5 Å². The number of nitro groups is 1. The number of thioether (sulfide) groups is 1. The molecule has 0 aliphatic rings. The van der Waals surface area contributed by atoms with E-state index in [0.29, 0.717) is 16.7 Å². The summed E-state index contributed by atoms with van der Waals surface area (Å²) >= 11 is 7.42. The summed E-state index contributed by atoms with van der Waals surface area (Å²) in [5, 5.41) is 15.3. The summed E-state index contributed by atoms with van der Waals surface area (Å²) in [6.45, 7) is 0. The number of halogens is 1. The van der Waals surface area contributed by atoms with E-state index in [9.17, 15) is 14.9 Å². The van der Waals surface area contributed by atoms with Crippen LogP contribution in [0.3, 0.4) is 0 Å². The van der Waals surface area contributed by atoms with Crippen LogP contribution in [0.25, 0.3) is 11.1 Å². The molecular formula is C23H17ClN4O5S. The van der Waals surface area contributed by atoms with E-state index < -0.39 is 10.8 Å². The highest BCUT2D eigenvalue weighted by atomic mass is 35.5. The molecule has 0 radical (unpaired) electrons. The van der Waals surface area contributed by atoms with E-state index in [2.05, 4.69) is 15.5 Å². The summed E-state index contributed by atoms with van der Waals surface area (Å²) < 4.78 is 11.2. The summed E-state index contributed by atoms with van der Waals surface area (Å²) in [5.41, 5.74) is 5.38. The molecule has 172 valence electrons. The van der Waals surface area contributed by atoms with Crippen LogP contribution in [0.5, 0.6) is 5.75 Å². The number of hydrazone groups is 1. The number of aromatic nitrogens is 1. The summed E-state index contributed by atoms with van der Waals surface area (Å²) in [6.07, 6.45) is 1.48. The molecule has 1 amide bonds. The molecule has 11 heteroatoms. The van der Waals surface area contributed by atoms with E-state index in [-0.39, 0.29) is 16.3 Å². The molecule has 1 aromatic heterocycles. The van der Waals surface area contributed by atoms with E-state index in [1.54, 1.807) is 19.2 Å². The normalized spacial score (nSPS) is 11.1. The maximum absolute atomic E-state index is 12.3. The van der Waals surface area contributed by atoms with Crippen LogP contribution in [-0.4, -0.2) is 29.1 Å². The minimum absolute atomic E-state index is 0.0372. The van der Waals surface area contributed by atoms with Crippen LogP contribution in [0, 0.1) is 10.1 Å². The first kappa shape index (κ1) is 23.3. The lowest BCUT2D eigenvalue weighted by molar-refractivity contribution is -0.384. The molecule has 9 nitrogen and oxygen atoms in total. The van der Waals surface area contributed by atoms with Crippen molar-refractivity contribution in [3.8, 4) is 5.75 Å². The second kappa shape index (κ2) is 10.4. The minimum Gasteiger partial charge on any atom is -0.496 e. The van der Waals surface area contributed by atoms with Gasteiger partial charge in [0.15, 0.2) is 5.58 Å². The van der Waals surface area contributed by atoms with Crippen LogP contribution >= 0.6 is 23.4 Å². The molecule has 0 spiro atoms. The number of carbonyl (C=O) groups excluding carboxylic acids is 1. The number of amides is 1. The van der Waals surface area contributed by atoms with Crippen molar-refractivity contribution in [2.75, 3.05) is 7.11 Å². The van der Waals surface area contributed by atoms with Gasteiger partial charge in [-0.3, -0.25) is 14.9 Å². The molecule has 0 aliphatic carbocycles. The molecule has 0 saturated carbocycles. The molecular weight excluding hydrogens is 480 g/mol. The molecule has 0 saturated heterocycles. The number of nitrogens with one attached hydrogen (secondary N) is 1. The highest BCUT2D eigenvalue weighted by Crippen LogP contribution is 2.30. The van der Waals surface area contributed by atoms with Crippen molar-refractivity contribution in [3.63, 3.8) is 0 Å². The Morgan fingerprint density at radius 3 is 2.82 bits per heavy atom. The third-order valence-corrected chi connectivity index (χ3v) is 5.91. The maximum atomic E-state index is 12.3. The largest absolute Gasteiger partial charge is 0.496 e. The fourth-order valence-corrected chi connectivity index (χ4v) is 4.15. The Labute approximate surface area is 202 Å². The summed E-state index contributed by atoms with van der Waals surface area (Å²) in [4.78, 5) is 27.0. The van der Waals surface area contributed by atoms with Crippen molar-refractivity contribution in [3.05, 3.63) is 92.5 Å². The van der Waals surface area contributed by atoms with Gasteiger partial charge in [-0.15, -0.1) is 0 Å². The molecule has 3 aromatic carbocycles. The molecule has 0 aliphatic heterocycles. The summed E-state index contributed by atoms with van der Waals surface area (Å²) in [7, 11) is 1.59. The lowest BCUT2D eigenvalue weighted by atomic mass is 10.1. The van der Waals surface area contributed by atoms with Gasteiger partial charge < -0.3 is 9.15 Å². The van der Waals surface area contributed by atoms with Gasteiger partial charge in [0.05, 0.1) is 28.8 Å². The fraction of sp³-hybridized carbons (Fsp3) is 0.0870. The molecule has 0 fully saturated rings. The third-order valence-electron chi connectivity index (χ3n) is 4.72. The Morgan fingerprint density at radius 1 is 1.26 bits per heavy atom. The molecule has 0 bridgehead atoms. The van der Waals surface area contributed by atoms with Gasteiger partial charge in [0.25, 0.3) is 16.8 Å². The number of nitro benzene ring substituents is 1. The van der Waals surface area contributed by atoms with E-state index in [1.807, 2.05) is 30.3 Å². The second-order valence-electron chi connectivity index (χ2n) is 6.93. The van der Waals surface area contributed by atoms with Crippen molar-refractivity contribution in [2.24, 2.45) is 5.10 Å². The van der Waals surface area contributed by atoms with Gasteiger partial charge in [0.1, 0.15) is 11.3 Å². The predicted octanol–water partition coefficient (Wildman–Crippen LogP) is 5.45. The second-order valence-corrected chi connectivity index (χ2v) is 8.26. The van der Waals surface area contributed by atoms with E-state index in [0.717, 1.165) is 28.3 Å². The topological polar surface area (TPSA) is 120 Å². The van der Waals surface area contributed by atoms with Gasteiger partial charge >= 0.3 is 0 Å². The number of methoxy groups -OCH3 is 1. The average Bonchev–Trinajstić information content (AvgIpc) is 3.25. The molecule has 4 aromatic rings. The first-order valence-corrected chi connectivity index (χ1v) is 11.2. The van der Waals surface area contributed by atoms with E-state index in [4.69, 9.17) is 20.8 Å². The number of benzene rings is 3. The third kappa shape index (κ3) is 5.36. The van der Waals surface area contributed by atoms with Crippen molar-refractivity contribution >= 4 is 52.3 Å². The first-order chi connectivity index (χ1) is 16.4. The molecule has 0 unspecified atom stereocenters. The standard InChI is InChI=1S/C23H17ClN4O5S/c1-32-20-9-6-14(10-15(20)13-34-23-26-19-4-2-3-5-21(19)33-23)12-25-27-22(29)17-8-7-16(28(30)31)11-18(17)24/h2-12H,13H2,1H3,(H,27,29). The zero-order chi connectivity index (χ0) is 24.1. The highest BCUT2D eigenvalue weighted by Gasteiger charge is 2.14. The Bertz CT molecular complexity index is 1370. The van der Waals surface area contributed by atoms with Crippen LogP contribution in [-0.2, 0) is 5.75 Å². The zero-order valence-electron chi connectivity index (χ0n) is 17.7. The number of para-hydroxylation sites is 2. The fourth-order valence-electron chi connectivity index (χ4n) is 3.07. The summed E-state index contributed by atoms with van der Waals surface area (Å²) in [5.74, 6) is 0.654. The molecule has 4 rings (SSSR count). The SMILES string of the molecule is COc1ccc(C=NNC(=O)c2ccc([N+](=O)[O-])cc2Cl)cc1CSc1nc2ccccc2o1. The Morgan fingerprint density at radius 2 is 2.09 bits per heavy atom. The number of hydrogen-bond donors (Lipinski definition) is 1. The zero-order valence-corrected chi connectivity index (χ0v) is 19.3. The highest BCUT2D eigenvalue weighted by molar-refractivity contribution is 7.98. The number of fused-ring (bicyclic) bond motifs is 1. The molecule has 1 heterocycles. The number of nitrogens with zero attached hydrogens (tertiary/aromatic N) is 3. The smallest absolute Gasteiger partial charge is 0.272 e. The maximum Gasteiger partial charge on any atom is 0.272 e. The minimum atomic E-state index is -0.588. The number of hydrogen-bond acceptors (Lipinski definition) is 8. The van der Waals surface area contributed by atoms with Gasteiger partial charge in [-0.05, 0) is 42.0 Å². The van der Waals surface area contributed by atoms with Crippen molar-refractivity contribution < 1.29 is 18.9 Å². The monoisotopic (exact) mass is 496 g/mol.